The van der Waals surface area contributed by atoms with Crippen molar-refractivity contribution in [3.05, 3.63) is 0 Å². The van der Waals surface area contributed by atoms with Crippen LogP contribution in [0.4, 0.5) is 0 Å². The SMILES string of the molecule is CC1C[Si](C)(C)COC1=O.CC1C[Si](C)(C)COC1=O. The number of esters is 2. The van der Waals surface area contributed by atoms with Crippen molar-refractivity contribution in [1.82, 2.24) is 0 Å². The topological polar surface area (TPSA) is 52.6 Å². The average Bonchev–Trinajstić information content (AvgIpc) is 2.30. The van der Waals surface area contributed by atoms with Gasteiger partial charge in [0.1, 0.15) is 0 Å². The Morgan fingerprint density at radius 1 is 0.800 bits per heavy atom. The molecule has 4 nitrogen and oxygen atoms in total. The van der Waals surface area contributed by atoms with E-state index in [0.717, 1.165) is 24.5 Å². The molecule has 0 amide bonds. The summed E-state index contributed by atoms with van der Waals surface area (Å²) in [5.74, 6) is 0.282. The zero-order chi connectivity index (χ0) is 15.6. The Morgan fingerprint density at radius 2 is 1.10 bits per heavy atom. The maximum Gasteiger partial charge on any atom is 0.308 e. The zero-order valence-electron chi connectivity index (χ0n) is 13.6. The van der Waals surface area contributed by atoms with E-state index in [0.29, 0.717) is 0 Å². The van der Waals surface area contributed by atoms with Gasteiger partial charge in [-0.2, -0.15) is 0 Å². The molecule has 0 aromatic carbocycles. The highest BCUT2D eigenvalue weighted by Gasteiger charge is 2.34. The predicted octanol–water partition coefficient (Wildman–Crippen LogP) is 2.85. The summed E-state index contributed by atoms with van der Waals surface area (Å²) in [6.07, 6.45) is 1.44. The van der Waals surface area contributed by atoms with Gasteiger partial charge in [-0.15, -0.1) is 0 Å². The fraction of sp³-hybridized carbons (Fsp3) is 0.857. The lowest BCUT2D eigenvalue weighted by atomic mass is 10.2. The largest absolute Gasteiger partial charge is 0.469 e. The molecule has 0 N–H and O–H groups in total. The van der Waals surface area contributed by atoms with Gasteiger partial charge in [-0.25, -0.2) is 0 Å². The first kappa shape index (κ1) is 17.4. The third-order valence-electron chi connectivity index (χ3n) is 3.73. The summed E-state index contributed by atoms with van der Waals surface area (Å²) >= 11 is 0. The van der Waals surface area contributed by atoms with Crippen molar-refractivity contribution in [3.8, 4) is 0 Å². The molecule has 0 aliphatic carbocycles. The molecule has 116 valence electrons. The van der Waals surface area contributed by atoms with Crippen LogP contribution in [0.2, 0.25) is 38.3 Å². The molecule has 0 aromatic rings. The quantitative estimate of drug-likeness (QED) is 0.509. The molecule has 2 aliphatic rings. The predicted molar refractivity (Wildman–Crippen MR) is 84.8 cm³/mol. The normalized spacial score (nSPS) is 31.5. The second-order valence-electron chi connectivity index (χ2n) is 7.75. The number of ether oxygens (including phenoxy) is 2. The van der Waals surface area contributed by atoms with Crippen LogP contribution in [0.25, 0.3) is 0 Å². The summed E-state index contributed by atoms with van der Waals surface area (Å²) < 4.78 is 10.1. The Morgan fingerprint density at radius 3 is 1.30 bits per heavy atom. The zero-order valence-corrected chi connectivity index (χ0v) is 15.6. The van der Waals surface area contributed by atoms with E-state index < -0.39 is 16.1 Å². The van der Waals surface area contributed by atoms with Crippen LogP contribution in [0.5, 0.6) is 0 Å². The number of cyclic esters (lactones) is 2. The van der Waals surface area contributed by atoms with Gasteiger partial charge in [0.2, 0.25) is 0 Å². The van der Waals surface area contributed by atoms with E-state index in [-0.39, 0.29) is 23.8 Å². The molecule has 6 heteroatoms. The molecule has 2 heterocycles. The number of hydrogen-bond donors (Lipinski definition) is 0. The summed E-state index contributed by atoms with van der Waals surface area (Å²) in [5, 5.41) is 0. The Kier molecular flexibility index (Phi) is 5.60. The Balaban J connectivity index is 0.000000200. The third-order valence-corrected chi connectivity index (χ3v) is 9.02. The van der Waals surface area contributed by atoms with Crippen molar-refractivity contribution in [2.24, 2.45) is 11.8 Å². The smallest absolute Gasteiger partial charge is 0.308 e. The van der Waals surface area contributed by atoms with Crippen molar-refractivity contribution in [1.29, 1.82) is 0 Å². The molecule has 0 bridgehead atoms. The van der Waals surface area contributed by atoms with Gasteiger partial charge in [0.15, 0.2) is 0 Å². The van der Waals surface area contributed by atoms with Crippen LogP contribution in [0.1, 0.15) is 13.8 Å². The van der Waals surface area contributed by atoms with Gasteiger partial charge in [-0.05, 0) is 12.1 Å². The van der Waals surface area contributed by atoms with E-state index in [1.807, 2.05) is 13.8 Å². The summed E-state index contributed by atoms with van der Waals surface area (Å²) in [7, 11) is -2.28. The summed E-state index contributed by atoms with van der Waals surface area (Å²) in [5.41, 5.74) is 0. The average molecular weight is 317 g/mol. The van der Waals surface area contributed by atoms with Gasteiger partial charge in [0.05, 0.1) is 40.4 Å². The minimum Gasteiger partial charge on any atom is -0.469 e. The molecule has 2 rings (SSSR count). The monoisotopic (exact) mass is 316 g/mol. The molecular weight excluding hydrogens is 288 g/mol. The van der Waals surface area contributed by atoms with E-state index in [4.69, 9.17) is 9.47 Å². The van der Waals surface area contributed by atoms with Crippen LogP contribution in [0, 0.1) is 11.8 Å². The Labute approximate surface area is 124 Å². The minimum atomic E-state index is -1.14. The number of rotatable bonds is 0. The van der Waals surface area contributed by atoms with Crippen LogP contribution in [0.15, 0.2) is 0 Å². The van der Waals surface area contributed by atoms with Crippen LogP contribution in [-0.2, 0) is 19.1 Å². The molecule has 2 saturated heterocycles. The minimum absolute atomic E-state index is 0.00757. The van der Waals surface area contributed by atoms with Crippen LogP contribution in [-0.4, -0.2) is 40.5 Å². The Bertz CT molecular complexity index is 343. The molecule has 0 spiro atoms. The van der Waals surface area contributed by atoms with Gasteiger partial charge in [-0.3, -0.25) is 9.59 Å². The van der Waals surface area contributed by atoms with Crippen molar-refractivity contribution in [3.63, 3.8) is 0 Å². The highest BCUT2D eigenvalue weighted by Crippen LogP contribution is 2.24. The maximum atomic E-state index is 10.9. The fourth-order valence-corrected chi connectivity index (χ4v) is 7.71. The van der Waals surface area contributed by atoms with Gasteiger partial charge in [0, 0.05) is 0 Å². The van der Waals surface area contributed by atoms with Crippen molar-refractivity contribution in [2.75, 3.05) is 12.5 Å². The van der Waals surface area contributed by atoms with Crippen LogP contribution in [0.3, 0.4) is 0 Å². The summed E-state index contributed by atoms with van der Waals surface area (Å²) in [6, 6.07) is 2.18. The van der Waals surface area contributed by atoms with Gasteiger partial charge >= 0.3 is 11.9 Å². The summed E-state index contributed by atoms with van der Waals surface area (Å²) in [4.78, 5) is 21.8. The standard InChI is InChI=1S/2C7H14O2Si/c2*1-6-4-10(2,3)5-9-7(6)8/h2*6H,4-5H2,1-3H3. The number of hydrogen-bond acceptors (Lipinski definition) is 4. The van der Waals surface area contributed by atoms with E-state index in [2.05, 4.69) is 26.2 Å². The van der Waals surface area contributed by atoms with E-state index in [1.165, 1.54) is 0 Å². The van der Waals surface area contributed by atoms with Crippen molar-refractivity contribution < 1.29 is 19.1 Å². The first-order valence-electron chi connectivity index (χ1n) is 7.36. The second kappa shape index (κ2) is 6.43. The van der Waals surface area contributed by atoms with E-state index >= 15 is 0 Å². The van der Waals surface area contributed by atoms with Crippen LogP contribution >= 0.6 is 0 Å². The summed E-state index contributed by atoms with van der Waals surface area (Å²) in [6.45, 7) is 12.9. The molecule has 0 aromatic heterocycles. The van der Waals surface area contributed by atoms with Crippen molar-refractivity contribution in [2.45, 2.75) is 52.1 Å². The Hall–Kier alpha value is -0.626. The molecule has 2 aliphatic heterocycles. The van der Waals surface area contributed by atoms with Gasteiger partial charge in [0.25, 0.3) is 0 Å². The highest BCUT2D eigenvalue weighted by atomic mass is 28.3. The van der Waals surface area contributed by atoms with Crippen LogP contribution < -0.4 is 0 Å². The lowest BCUT2D eigenvalue weighted by molar-refractivity contribution is -0.147. The molecule has 2 atom stereocenters. The molecule has 20 heavy (non-hydrogen) atoms. The lowest BCUT2D eigenvalue weighted by Crippen LogP contribution is -2.43. The molecule has 0 saturated carbocycles. The third kappa shape index (κ3) is 5.40. The highest BCUT2D eigenvalue weighted by molar-refractivity contribution is 6.78. The van der Waals surface area contributed by atoms with Gasteiger partial charge < -0.3 is 9.47 Å². The molecule has 2 unspecified atom stereocenters. The lowest BCUT2D eigenvalue weighted by Gasteiger charge is -2.30. The molecule has 0 radical (unpaired) electrons. The molecular formula is C14H28O4Si2. The maximum absolute atomic E-state index is 10.9. The number of carbonyl (C=O) groups excluding carboxylic acids is 2. The molecule has 2 fully saturated rings. The van der Waals surface area contributed by atoms with E-state index in [1.54, 1.807) is 0 Å². The first-order valence-corrected chi connectivity index (χ1v) is 14.2. The second-order valence-corrected chi connectivity index (χ2v) is 17.8. The van der Waals surface area contributed by atoms with Crippen molar-refractivity contribution >= 4 is 28.1 Å². The number of carbonyl (C=O) groups is 2. The van der Waals surface area contributed by atoms with Gasteiger partial charge in [-0.1, -0.05) is 40.0 Å². The fourth-order valence-electron chi connectivity index (χ4n) is 2.76. The van der Waals surface area contributed by atoms with E-state index in [9.17, 15) is 9.59 Å². The first-order chi connectivity index (χ1) is 9.02.